The Labute approximate surface area is 164 Å². The molecule has 0 aromatic rings. The first-order valence-electron chi connectivity index (χ1n) is 9.11. The zero-order valence-corrected chi connectivity index (χ0v) is 16.6. The molecule has 5 atom stereocenters. The highest BCUT2D eigenvalue weighted by Crippen LogP contribution is 2.06. The van der Waals surface area contributed by atoms with Crippen molar-refractivity contribution in [1.82, 2.24) is 16.0 Å². The lowest BCUT2D eigenvalue weighted by Crippen LogP contribution is -2.60. The number of carbonyl (C=O) groups is 4. The number of hydrogen-bond donors (Lipinski definition) is 7. The minimum absolute atomic E-state index is 0.136. The lowest BCUT2D eigenvalue weighted by molar-refractivity contribution is -0.143. The van der Waals surface area contributed by atoms with Crippen molar-refractivity contribution in [3.63, 3.8) is 0 Å². The number of hydrogen-bond acceptors (Lipinski definition) is 7. The largest absolute Gasteiger partial charge is 0.480 e. The lowest BCUT2D eigenvalue weighted by atomic mass is 9.99. The normalized spacial score (nSPS) is 16.4. The van der Waals surface area contributed by atoms with E-state index in [-0.39, 0.29) is 5.92 Å². The standard InChI is InChI=1S/C17H32N4O7/c1-5-9(4)12(18)15(25)19-10(6-22)14(24)21-13(8(2)3)16(26)20-11(7-23)17(27)28/h8-13,22-23H,5-7,18H2,1-4H3,(H,19,25)(H,20,26)(H,21,24)(H,27,28). The van der Waals surface area contributed by atoms with Crippen LogP contribution in [0, 0.1) is 11.8 Å². The number of aliphatic carboxylic acids is 1. The molecule has 0 spiro atoms. The molecule has 0 radical (unpaired) electrons. The first kappa shape index (κ1) is 25.8. The van der Waals surface area contributed by atoms with E-state index in [1.165, 1.54) is 0 Å². The monoisotopic (exact) mass is 404 g/mol. The summed E-state index contributed by atoms with van der Waals surface area (Å²) in [5, 5.41) is 34.2. The summed E-state index contributed by atoms with van der Waals surface area (Å²) in [6, 6.07) is -4.86. The van der Waals surface area contributed by atoms with Gasteiger partial charge < -0.3 is 37.0 Å². The molecule has 8 N–H and O–H groups in total. The second kappa shape index (κ2) is 12.3. The number of aliphatic hydroxyl groups excluding tert-OH is 2. The van der Waals surface area contributed by atoms with Gasteiger partial charge in [0, 0.05) is 0 Å². The van der Waals surface area contributed by atoms with Gasteiger partial charge >= 0.3 is 5.97 Å². The Hall–Kier alpha value is -2.24. The molecule has 0 fully saturated rings. The number of nitrogens with one attached hydrogen (secondary N) is 3. The number of rotatable bonds is 12. The van der Waals surface area contributed by atoms with Crippen LogP contribution < -0.4 is 21.7 Å². The van der Waals surface area contributed by atoms with Crippen LogP contribution in [0.1, 0.15) is 34.1 Å². The number of carboxylic acids is 1. The van der Waals surface area contributed by atoms with Gasteiger partial charge in [-0.15, -0.1) is 0 Å². The van der Waals surface area contributed by atoms with Crippen molar-refractivity contribution >= 4 is 23.7 Å². The molecular formula is C17H32N4O7. The van der Waals surface area contributed by atoms with Crippen molar-refractivity contribution in [1.29, 1.82) is 0 Å². The van der Waals surface area contributed by atoms with Gasteiger partial charge in [-0.25, -0.2) is 4.79 Å². The second-order valence-corrected chi connectivity index (χ2v) is 6.97. The van der Waals surface area contributed by atoms with Crippen molar-refractivity contribution in [3.05, 3.63) is 0 Å². The van der Waals surface area contributed by atoms with Crippen LogP contribution >= 0.6 is 0 Å². The molecule has 0 aromatic heterocycles. The molecule has 0 aromatic carbocycles. The maximum absolute atomic E-state index is 12.4. The summed E-state index contributed by atoms with van der Waals surface area (Å²) in [7, 11) is 0. The van der Waals surface area contributed by atoms with Crippen LogP contribution in [0.3, 0.4) is 0 Å². The van der Waals surface area contributed by atoms with Gasteiger partial charge in [0.2, 0.25) is 17.7 Å². The number of carboxylic acid groups (broad SMARTS) is 1. The molecule has 5 unspecified atom stereocenters. The summed E-state index contributed by atoms with van der Waals surface area (Å²) in [5.41, 5.74) is 5.80. The van der Waals surface area contributed by atoms with Crippen LogP contribution in [-0.2, 0) is 19.2 Å². The maximum atomic E-state index is 12.4. The zero-order valence-electron chi connectivity index (χ0n) is 16.6. The first-order chi connectivity index (χ1) is 13.0. The summed E-state index contributed by atoms with van der Waals surface area (Å²) in [4.78, 5) is 47.8. The summed E-state index contributed by atoms with van der Waals surface area (Å²) in [5.74, 6) is -4.25. The van der Waals surface area contributed by atoms with E-state index in [1.807, 2.05) is 6.92 Å². The van der Waals surface area contributed by atoms with E-state index in [0.29, 0.717) is 6.42 Å². The summed E-state index contributed by atoms with van der Waals surface area (Å²) in [6.07, 6.45) is 0.649. The van der Waals surface area contributed by atoms with E-state index in [9.17, 15) is 24.3 Å². The maximum Gasteiger partial charge on any atom is 0.328 e. The Kier molecular flexibility index (Phi) is 11.3. The molecule has 0 saturated carbocycles. The van der Waals surface area contributed by atoms with E-state index < -0.39 is 67.0 Å². The molecule has 28 heavy (non-hydrogen) atoms. The average molecular weight is 404 g/mol. The number of amides is 3. The zero-order chi connectivity index (χ0) is 22.0. The van der Waals surface area contributed by atoms with E-state index in [2.05, 4.69) is 16.0 Å². The van der Waals surface area contributed by atoms with E-state index in [0.717, 1.165) is 0 Å². The first-order valence-corrected chi connectivity index (χ1v) is 9.11. The SMILES string of the molecule is CCC(C)C(N)C(=O)NC(CO)C(=O)NC(C(=O)NC(CO)C(=O)O)C(C)C. The van der Waals surface area contributed by atoms with Gasteiger partial charge in [-0.1, -0.05) is 34.1 Å². The third-order valence-corrected chi connectivity index (χ3v) is 4.42. The van der Waals surface area contributed by atoms with Gasteiger partial charge in [0.25, 0.3) is 0 Å². The van der Waals surface area contributed by atoms with E-state index in [4.69, 9.17) is 15.9 Å². The van der Waals surface area contributed by atoms with Gasteiger partial charge in [0.15, 0.2) is 0 Å². The lowest BCUT2D eigenvalue weighted by Gasteiger charge is -2.26. The van der Waals surface area contributed by atoms with Crippen LogP contribution in [0.5, 0.6) is 0 Å². The molecule has 3 amide bonds. The fraction of sp³-hybridized carbons (Fsp3) is 0.765. The Morgan fingerprint density at radius 2 is 1.36 bits per heavy atom. The van der Waals surface area contributed by atoms with E-state index in [1.54, 1.807) is 20.8 Å². The van der Waals surface area contributed by atoms with Crippen molar-refractivity contribution in [2.24, 2.45) is 17.6 Å². The molecule has 0 heterocycles. The van der Waals surface area contributed by atoms with Gasteiger partial charge in [0.1, 0.15) is 18.1 Å². The predicted octanol–water partition coefficient (Wildman–Crippen LogP) is -2.46. The molecule has 0 bridgehead atoms. The molecule has 0 aliphatic carbocycles. The summed E-state index contributed by atoms with van der Waals surface area (Å²) in [6.45, 7) is 5.33. The molecular weight excluding hydrogens is 372 g/mol. The fourth-order valence-electron chi connectivity index (χ4n) is 2.21. The van der Waals surface area contributed by atoms with Crippen molar-refractivity contribution in [2.75, 3.05) is 13.2 Å². The number of carbonyl (C=O) groups excluding carboxylic acids is 3. The van der Waals surface area contributed by atoms with Crippen LogP contribution in [0.15, 0.2) is 0 Å². The molecule has 11 heteroatoms. The summed E-state index contributed by atoms with van der Waals surface area (Å²) >= 11 is 0. The molecule has 11 nitrogen and oxygen atoms in total. The highest BCUT2D eigenvalue weighted by molar-refractivity contribution is 5.94. The van der Waals surface area contributed by atoms with Gasteiger partial charge in [-0.2, -0.15) is 0 Å². The third-order valence-electron chi connectivity index (χ3n) is 4.42. The average Bonchev–Trinajstić information content (AvgIpc) is 2.65. The Bertz CT molecular complexity index is 556. The number of nitrogens with two attached hydrogens (primary N) is 1. The summed E-state index contributed by atoms with van der Waals surface area (Å²) < 4.78 is 0. The minimum Gasteiger partial charge on any atom is -0.480 e. The second-order valence-electron chi connectivity index (χ2n) is 6.97. The highest BCUT2D eigenvalue weighted by Gasteiger charge is 2.31. The van der Waals surface area contributed by atoms with Gasteiger partial charge in [0.05, 0.1) is 19.3 Å². The van der Waals surface area contributed by atoms with Crippen LogP contribution in [0.25, 0.3) is 0 Å². The topological polar surface area (TPSA) is 191 Å². The predicted molar refractivity (Wildman–Crippen MR) is 99.9 cm³/mol. The molecule has 0 rings (SSSR count). The minimum atomic E-state index is -1.52. The quantitative estimate of drug-likeness (QED) is 0.186. The molecule has 162 valence electrons. The molecule has 0 saturated heterocycles. The third kappa shape index (κ3) is 7.79. The highest BCUT2D eigenvalue weighted by atomic mass is 16.4. The molecule has 0 aliphatic rings. The Morgan fingerprint density at radius 3 is 1.75 bits per heavy atom. The van der Waals surface area contributed by atoms with Crippen molar-refractivity contribution < 1.29 is 34.5 Å². The van der Waals surface area contributed by atoms with Gasteiger partial charge in [-0.05, 0) is 11.8 Å². The van der Waals surface area contributed by atoms with Crippen molar-refractivity contribution in [2.45, 2.75) is 58.3 Å². The van der Waals surface area contributed by atoms with Crippen LogP contribution in [-0.4, -0.2) is 76.4 Å². The Morgan fingerprint density at radius 1 is 0.857 bits per heavy atom. The van der Waals surface area contributed by atoms with Gasteiger partial charge in [-0.3, -0.25) is 14.4 Å². The van der Waals surface area contributed by atoms with Crippen LogP contribution in [0.4, 0.5) is 0 Å². The molecule has 0 aliphatic heterocycles. The number of aliphatic hydroxyl groups is 2. The van der Waals surface area contributed by atoms with Crippen molar-refractivity contribution in [3.8, 4) is 0 Å². The Balaban J connectivity index is 5.12. The fourth-order valence-corrected chi connectivity index (χ4v) is 2.21. The van der Waals surface area contributed by atoms with E-state index >= 15 is 0 Å². The van der Waals surface area contributed by atoms with Crippen LogP contribution in [0.2, 0.25) is 0 Å². The smallest absolute Gasteiger partial charge is 0.328 e.